The molecule has 0 saturated carbocycles. The summed E-state index contributed by atoms with van der Waals surface area (Å²) in [6.45, 7) is 0. The van der Waals surface area contributed by atoms with Crippen molar-refractivity contribution in [3.63, 3.8) is 0 Å². The molecule has 1 aromatic heterocycles. The molecule has 1 atom stereocenters. The normalized spacial score (nSPS) is 12.7. The molecule has 2 N–H and O–H groups in total. The van der Waals surface area contributed by atoms with Crippen molar-refractivity contribution in [1.29, 1.82) is 0 Å². The average Bonchev–Trinajstić information content (AvgIpc) is 2.69. The maximum atomic E-state index is 11.2. The molecule has 0 aliphatic carbocycles. The Hall–Kier alpha value is -1.33. The number of halogens is 1. The molecular weight excluding hydrogens is 274 g/mol. The first-order valence-electron chi connectivity index (χ1n) is 4.66. The minimum atomic E-state index is -1.27. The molecular formula is C11H10BrNO3. The van der Waals surface area contributed by atoms with Crippen LogP contribution in [0.2, 0.25) is 0 Å². The van der Waals surface area contributed by atoms with E-state index in [1.165, 1.54) is 7.11 Å². The van der Waals surface area contributed by atoms with Crippen molar-refractivity contribution in [2.45, 2.75) is 6.10 Å². The van der Waals surface area contributed by atoms with E-state index in [1.807, 2.05) is 18.2 Å². The van der Waals surface area contributed by atoms with Crippen LogP contribution in [0.1, 0.15) is 11.8 Å². The molecule has 84 valence electrons. The SMILES string of the molecule is COC(=O)C(O)c1cc2cc(Br)ccc2[nH]1. The molecule has 1 unspecified atom stereocenters. The Bertz CT molecular complexity index is 535. The van der Waals surface area contributed by atoms with Gasteiger partial charge in [0.15, 0.2) is 6.10 Å². The Balaban J connectivity index is 2.43. The van der Waals surface area contributed by atoms with Crippen LogP contribution in [0.25, 0.3) is 10.9 Å². The van der Waals surface area contributed by atoms with Gasteiger partial charge in [-0.2, -0.15) is 0 Å². The highest BCUT2D eigenvalue weighted by Crippen LogP contribution is 2.23. The van der Waals surface area contributed by atoms with Crippen LogP contribution in [0, 0.1) is 0 Å². The summed E-state index contributed by atoms with van der Waals surface area (Å²) >= 11 is 3.35. The van der Waals surface area contributed by atoms with E-state index in [9.17, 15) is 9.90 Å². The third kappa shape index (κ3) is 1.96. The van der Waals surface area contributed by atoms with Crippen molar-refractivity contribution in [1.82, 2.24) is 4.98 Å². The molecule has 0 aliphatic heterocycles. The van der Waals surface area contributed by atoms with Crippen LogP contribution in [-0.2, 0) is 9.53 Å². The molecule has 0 aliphatic rings. The number of ether oxygens (including phenoxy) is 1. The summed E-state index contributed by atoms with van der Waals surface area (Å²) in [5.74, 6) is -0.675. The minimum Gasteiger partial charge on any atom is -0.467 e. The number of H-pyrrole nitrogens is 1. The largest absolute Gasteiger partial charge is 0.467 e. The Kier molecular flexibility index (Phi) is 2.98. The third-order valence-corrected chi connectivity index (χ3v) is 2.82. The van der Waals surface area contributed by atoms with Gasteiger partial charge in [0.1, 0.15) is 0 Å². The van der Waals surface area contributed by atoms with Crippen molar-refractivity contribution in [2.75, 3.05) is 7.11 Å². The smallest absolute Gasteiger partial charge is 0.340 e. The van der Waals surface area contributed by atoms with E-state index in [0.717, 1.165) is 15.4 Å². The molecule has 1 heterocycles. The van der Waals surface area contributed by atoms with Crippen molar-refractivity contribution in [3.8, 4) is 0 Å². The Morgan fingerprint density at radius 1 is 1.50 bits per heavy atom. The van der Waals surface area contributed by atoms with E-state index >= 15 is 0 Å². The number of fused-ring (bicyclic) bond motifs is 1. The quantitative estimate of drug-likeness (QED) is 0.830. The first-order chi connectivity index (χ1) is 7.61. The molecule has 2 rings (SSSR count). The van der Waals surface area contributed by atoms with Gasteiger partial charge in [-0.15, -0.1) is 0 Å². The van der Waals surface area contributed by atoms with Crippen molar-refractivity contribution < 1.29 is 14.6 Å². The van der Waals surface area contributed by atoms with Crippen LogP contribution in [0.15, 0.2) is 28.7 Å². The summed E-state index contributed by atoms with van der Waals surface area (Å²) in [7, 11) is 1.24. The lowest BCUT2D eigenvalue weighted by molar-refractivity contribution is -0.150. The van der Waals surface area contributed by atoms with Crippen LogP contribution < -0.4 is 0 Å². The summed E-state index contributed by atoms with van der Waals surface area (Å²) in [4.78, 5) is 14.1. The zero-order valence-corrected chi connectivity index (χ0v) is 10.1. The molecule has 2 aromatic rings. The second kappa shape index (κ2) is 4.27. The summed E-state index contributed by atoms with van der Waals surface area (Å²) in [6, 6.07) is 7.38. The van der Waals surface area contributed by atoms with Gasteiger partial charge in [0.25, 0.3) is 0 Å². The van der Waals surface area contributed by atoms with Gasteiger partial charge in [0.2, 0.25) is 0 Å². The van der Waals surface area contributed by atoms with E-state index < -0.39 is 12.1 Å². The maximum absolute atomic E-state index is 11.2. The molecule has 0 fully saturated rings. The highest BCUT2D eigenvalue weighted by Gasteiger charge is 2.19. The lowest BCUT2D eigenvalue weighted by Crippen LogP contribution is -2.13. The number of nitrogens with one attached hydrogen (secondary N) is 1. The number of hydrogen-bond donors (Lipinski definition) is 2. The summed E-state index contributed by atoms with van der Waals surface area (Å²) in [6.07, 6.45) is -1.27. The molecule has 0 amide bonds. The molecule has 4 nitrogen and oxygen atoms in total. The number of methoxy groups -OCH3 is 1. The van der Waals surface area contributed by atoms with Crippen LogP contribution >= 0.6 is 15.9 Å². The fourth-order valence-electron chi connectivity index (χ4n) is 1.51. The minimum absolute atomic E-state index is 0.431. The van der Waals surface area contributed by atoms with E-state index in [1.54, 1.807) is 6.07 Å². The Morgan fingerprint density at radius 3 is 2.94 bits per heavy atom. The first kappa shape index (κ1) is 11.2. The lowest BCUT2D eigenvalue weighted by atomic mass is 10.2. The standard InChI is InChI=1S/C11H10BrNO3/c1-16-11(15)10(14)9-5-6-4-7(12)2-3-8(6)13-9/h2-5,10,13-14H,1H3. The van der Waals surface area contributed by atoms with Crippen LogP contribution in [-0.4, -0.2) is 23.2 Å². The van der Waals surface area contributed by atoms with Gasteiger partial charge in [-0.05, 0) is 24.3 Å². The Labute approximate surface area is 100 Å². The zero-order valence-electron chi connectivity index (χ0n) is 8.53. The van der Waals surface area contributed by atoms with Gasteiger partial charge < -0.3 is 14.8 Å². The number of hydrogen-bond acceptors (Lipinski definition) is 3. The van der Waals surface area contributed by atoms with Crippen molar-refractivity contribution in [2.24, 2.45) is 0 Å². The Morgan fingerprint density at radius 2 is 2.25 bits per heavy atom. The van der Waals surface area contributed by atoms with E-state index in [0.29, 0.717) is 5.69 Å². The molecule has 0 radical (unpaired) electrons. The molecule has 0 spiro atoms. The van der Waals surface area contributed by atoms with Gasteiger partial charge in [-0.25, -0.2) is 4.79 Å². The third-order valence-electron chi connectivity index (χ3n) is 2.32. The second-order valence-corrected chi connectivity index (χ2v) is 4.30. The fourth-order valence-corrected chi connectivity index (χ4v) is 1.89. The number of esters is 1. The number of aliphatic hydroxyl groups is 1. The van der Waals surface area contributed by atoms with Gasteiger partial charge >= 0.3 is 5.97 Å². The van der Waals surface area contributed by atoms with Crippen molar-refractivity contribution >= 4 is 32.8 Å². The van der Waals surface area contributed by atoms with Crippen LogP contribution in [0.4, 0.5) is 0 Å². The summed E-state index contributed by atoms with van der Waals surface area (Å²) in [5, 5.41) is 10.6. The van der Waals surface area contributed by atoms with Crippen molar-refractivity contribution in [3.05, 3.63) is 34.4 Å². The van der Waals surface area contributed by atoms with E-state index in [-0.39, 0.29) is 0 Å². The number of rotatable bonds is 2. The highest BCUT2D eigenvalue weighted by molar-refractivity contribution is 9.10. The van der Waals surface area contributed by atoms with E-state index in [4.69, 9.17) is 0 Å². The van der Waals surface area contributed by atoms with Gasteiger partial charge in [-0.3, -0.25) is 0 Å². The average molecular weight is 284 g/mol. The lowest BCUT2D eigenvalue weighted by Gasteiger charge is -2.04. The molecule has 0 saturated heterocycles. The number of benzene rings is 1. The molecule has 0 bridgehead atoms. The van der Waals surface area contributed by atoms with Crippen LogP contribution in [0.3, 0.4) is 0 Å². The predicted molar refractivity (Wildman–Crippen MR) is 63.0 cm³/mol. The van der Waals surface area contributed by atoms with Gasteiger partial charge in [-0.1, -0.05) is 15.9 Å². The monoisotopic (exact) mass is 283 g/mol. The fraction of sp³-hybridized carbons (Fsp3) is 0.182. The number of carbonyl (C=O) groups is 1. The molecule has 1 aromatic carbocycles. The topological polar surface area (TPSA) is 62.3 Å². The zero-order chi connectivity index (χ0) is 11.7. The summed E-state index contributed by atoms with van der Waals surface area (Å²) in [5.41, 5.74) is 1.29. The first-order valence-corrected chi connectivity index (χ1v) is 5.45. The number of carbonyl (C=O) groups excluding carboxylic acids is 1. The maximum Gasteiger partial charge on any atom is 0.340 e. The molecule has 16 heavy (non-hydrogen) atoms. The number of aliphatic hydroxyl groups excluding tert-OH is 1. The highest BCUT2D eigenvalue weighted by atomic mass is 79.9. The molecule has 5 heteroatoms. The number of aromatic nitrogens is 1. The van der Waals surface area contributed by atoms with Gasteiger partial charge in [0.05, 0.1) is 12.8 Å². The van der Waals surface area contributed by atoms with Gasteiger partial charge in [0, 0.05) is 15.4 Å². The van der Waals surface area contributed by atoms with E-state index in [2.05, 4.69) is 25.7 Å². The predicted octanol–water partition coefficient (Wildman–Crippen LogP) is 2.14. The van der Waals surface area contributed by atoms with Crippen LogP contribution in [0.5, 0.6) is 0 Å². The summed E-state index contributed by atoms with van der Waals surface area (Å²) < 4.78 is 5.41. The second-order valence-electron chi connectivity index (χ2n) is 3.38. The number of aromatic amines is 1.